The second-order valence-corrected chi connectivity index (χ2v) is 6.27. The van der Waals surface area contributed by atoms with Crippen LogP contribution in [0.25, 0.3) is 0 Å². The van der Waals surface area contributed by atoms with Crippen LogP contribution >= 0.6 is 0 Å². The van der Waals surface area contributed by atoms with Crippen molar-refractivity contribution < 1.29 is 23.1 Å². The number of hydrogen-bond donors (Lipinski definition) is 1. The zero-order valence-corrected chi connectivity index (χ0v) is 14.7. The number of ether oxygens (including phenoxy) is 1. The van der Waals surface area contributed by atoms with Crippen LogP contribution in [0.2, 0.25) is 0 Å². The topological polar surface area (TPSA) is 55.4 Å². The molecule has 0 radical (unpaired) electrons. The second kappa shape index (κ2) is 8.23. The van der Waals surface area contributed by atoms with Crippen molar-refractivity contribution in [3.05, 3.63) is 46.7 Å². The molecule has 1 amide bonds. The minimum absolute atomic E-state index is 0.0105. The van der Waals surface area contributed by atoms with Gasteiger partial charge >= 0.3 is 5.97 Å². The molecular weight excluding hydrogens is 328 g/mol. The number of carbonyl (C=O) groups is 2. The van der Waals surface area contributed by atoms with E-state index in [4.69, 9.17) is 4.74 Å². The lowest BCUT2D eigenvalue weighted by Gasteiger charge is -2.27. The first-order valence-corrected chi connectivity index (χ1v) is 8.50. The molecule has 1 aromatic carbocycles. The van der Waals surface area contributed by atoms with E-state index in [1.54, 1.807) is 6.92 Å². The summed E-state index contributed by atoms with van der Waals surface area (Å²) in [4.78, 5) is 24.5. The molecule has 136 valence electrons. The van der Waals surface area contributed by atoms with E-state index in [1.165, 1.54) is 12.1 Å². The Morgan fingerprint density at radius 1 is 1.32 bits per heavy atom. The van der Waals surface area contributed by atoms with E-state index in [1.807, 2.05) is 13.8 Å². The van der Waals surface area contributed by atoms with Crippen molar-refractivity contribution in [2.24, 2.45) is 5.92 Å². The quantitative estimate of drug-likeness (QED) is 0.793. The van der Waals surface area contributed by atoms with E-state index < -0.39 is 23.5 Å². The third kappa shape index (κ3) is 4.24. The molecule has 0 saturated carbocycles. The fraction of sp³-hybridized carbons (Fsp3) is 0.474. The van der Waals surface area contributed by atoms with Crippen molar-refractivity contribution in [2.45, 2.75) is 46.0 Å². The Bertz CT molecular complexity index is 696. The molecule has 1 N–H and O–H groups in total. The molecule has 0 fully saturated rings. The van der Waals surface area contributed by atoms with E-state index in [-0.39, 0.29) is 36.0 Å². The number of nitrogens with one attached hydrogen (secondary N) is 1. The summed E-state index contributed by atoms with van der Waals surface area (Å²) in [6.07, 6.45) is 1.62. The molecule has 6 heteroatoms. The van der Waals surface area contributed by atoms with Gasteiger partial charge < -0.3 is 10.1 Å². The molecular formula is C19H23F2NO3. The van der Waals surface area contributed by atoms with Gasteiger partial charge in [0.2, 0.25) is 5.91 Å². The van der Waals surface area contributed by atoms with Gasteiger partial charge in [-0.25, -0.2) is 13.6 Å². The predicted octanol–water partition coefficient (Wildman–Crippen LogP) is 3.82. The first-order chi connectivity index (χ1) is 11.9. The first-order valence-electron chi connectivity index (χ1n) is 8.50. The van der Waals surface area contributed by atoms with Gasteiger partial charge in [0.1, 0.15) is 0 Å². The van der Waals surface area contributed by atoms with Gasteiger partial charge in [0.05, 0.1) is 12.2 Å². The second-order valence-electron chi connectivity index (χ2n) is 6.27. The highest BCUT2D eigenvalue weighted by molar-refractivity contribution is 5.95. The number of hydrogen-bond acceptors (Lipinski definition) is 3. The van der Waals surface area contributed by atoms with Gasteiger partial charge in [0, 0.05) is 18.0 Å². The molecule has 0 spiro atoms. The molecule has 1 atom stereocenters. The summed E-state index contributed by atoms with van der Waals surface area (Å²) in [5.41, 5.74) is 0.484. The molecule has 0 aromatic heterocycles. The molecule has 1 aromatic rings. The molecule has 1 aliphatic heterocycles. The third-order valence-electron chi connectivity index (χ3n) is 4.65. The zero-order valence-electron chi connectivity index (χ0n) is 14.7. The van der Waals surface area contributed by atoms with Crippen molar-refractivity contribution in [3.8, 4) is 0 Å². The summed E-state index contributed by atoms with van der Waals surface area (Å²) >= 11 is 0. The molecule has 0 aliphatic carbocycles. The molecule has 0 bridgehead atoms. The number of allylic oxidation sites excluding steroid dienone is 1. The average Bonchev–Trinajstić information content (AvgIpc) is 2.57. The lowest BCUT2D eigenvalue weighted by Crippen LogP contribution is -2.35. The Kier molecular flexibility index (Phi) is 6.28. The smallest absolute Gasteiger partial charge is 0.336 e. The molecule has 0 saturated heterocycles. The van der Waals surface area contributed by atoms with Crippen molar-refractivity contribution >= 4 is 11.9 Å². The summed E-state index contributed by atoms with van der Waals surface area (Å²) < 4.78 is 33.2. The monoisotopic (exact) mass is 351 g/mol. The zero-order chi connectivity index (χ0) is 18.6. The Labute approximate surface area is 146 Å². The summed E-state index contributed by atoms with van der Waals surface area (Å²) in [5, 5.41) is 2.58. The summed E-state index contributed by atoms with van der Waals surface area (Å²) in [6.45, 7) is 5.85. The van der Waals surface area contributed by atoms with Gasteiger partial charge in [-0.3, -0.25) is 4.79 Å². The largest absolute Gasteiger partial charge is 0.462 e. The standard InChI is InChI=1S/C19H23F2NO3/c1-4-12(5-2)10-25-19(24)17-11(3)22-16(23)9-14(17)13-7-6-8-15(20)18(13)21/h6-8,12,14H,4-5,9-10H2,1-3H3,(H,22,23)/t14-/m1/s1. The third-order valence-corrected chi connectivity index (χ3v) is 4.65. The normalized spacial score (nSPS) is 17.7. The van der Waals surface area contributed by atoms with Crippen LogP contribution in [0.15, 0.2) is 29.5 Å². The Hall–Kier alpha value is -2.24. The van der Waals surface area contributed by atoms with Crippen LogP contribution in [-0.2, 0) is 14.3 Å². The average molecular weight is 351 g/mol. The van der Waals surface area contributed by atoms with Crippen LogP contribution in [-0.4, -0.2) is 18.5 Å². The lowest BCUT2D eigenvalue weighted by molar-refractivity contribution is -0.141. The minimum Gasteiger partial charge on any atom is -0.462 e. The fourth-order valence-electron chi connectivity index (χ4n) is 3.02. The minimum atomic E-state index is -1.04. The van der Waals surface area contributed by atoms with E-state index in [2.05, 4.69) is 5.32 Å². The maximum Gasteiger partial charge on any atom is 0.336 e. The van der Waals surface area contributed by atoms with Crippen molar-refractivity contribution in [1.29, 1.82) is 0 Å². The molecule has 1 aliphatic rings. The highest BCUT2D eigenvalue weighted by Gasteiger charge is 2.35. The maximum absolute atomic E-state index is 14.2. The Morgan fingerprint density at radius 3 is 2.64 bits per heavy atom. The van der Waals surface area contributed by atoms with Gasteiger partial charge in [0.25, 0.3) is 0 Å². The van der Waals surface area contributed by atoms with E-state index in [0.717, 1.165) is 18.9 Å². The number of halogens is 2. The van der Waals surface area contributed by atoms with E-state index in [9.17, 15) is 18.4 Å². The number of carbonyl (C=O) groups excluding carboxylic acids is 2. The number of esters is 1. The lowest BCUT2D eigenvalue weighted by atomic mass is 9.84. The molecule has 1 heterocycles. The van der Waals surface area contributed by atoms with Gasteiger partial charge in [0.15, 0.2) is 11.6 Å². The number of amides is 1. The van der Waals surface area contributed by atoms with Gasteiger partial charge in [-0.15, -0.1) is 0 Å². The molecule has 0 unspecified atom stereocenters. The first kappa shape index (κ1) is 19.1. The van der Waals surface area contributed by atoms with Crippen LogP contribution in [0.3, 0.4) is 0 Å². The van der Waals surface area contributed by atoms with Crippen LogP contribution < -0.4 is 5.32 Å². The Balaban J connectivity index is 2.34. The number of benzene rings is 1. The van der Waals surface area contributed by atoms with Crippen LogP contribution in [0.4, 0.5) is 8.78 Å². The summed E-state index contributed by atoms with van der Waals surface area (Å²) in [5.74, 6) is -3.61. The van der Waals surface area contributed by atoms with E-state index >= 15 is 0 Å². The van der Waals surface area contributed by atoms with Crippen LogP contribution in [0.5, 0.6) is 0 Å². The summed E-state index contributed by atoms with van der Waals surface area (Å²) in [7, 11) is 0. The van der Waals surface area contributed by atoms with Crippen LogP contribution in [0.1, 0.15) is 51.5 Å². The Morgan fingerprint density at radius 2 is 2.00 bits per heavy atom. The van der Waals surface area contributed by atoms with Crippen LogP contribution in [0, 0.1) is 17.6 Å². The van der Waals surface area contributed by atoms with Gasteiger partial charge in [-0.1, -0.05) is 38.8 Å². The highest BCUT2D eigenvalue weighted by atomic mass is 19.2. The summed E-state index contributed by atoms with van der Waals surface area (Å²) in [6, 6.07) is 3.76. The molecule has 25 heavy (non-hydrogen) atoms. The fourth-order valence-corrected chi connectivity index (χ4v) is 3.02. The van der Waals surface area contributed by atoms with Gasteiger partial charge in [-0.2, -0.15) is 0 Å². The van der Waals surface area contributed by atoms with Gasteiger partial charge in [-0.05, 0) is 24.5 Å². The van der Waals surface area contributed by atoms with Crippen molar-refractivity contribution in [3.63, 3.8) is 0 Å². The maximum atomic E-state index is 14.2. The van der Waals surface area contributed by atoms with E-state index in [0.29, 0.717) is 5.70 Å². The predicted molar refractivity (Wildman–Crippen MR) is 89.6 cm³/mol. The van der Waals surface area contributed by atoms with Crippen molar-refractivity contribution in [2.75, 3.05) is 6.61 Å². The SMILES string of the molecule is CCC(CC)COC(=O)C1=C(C)NC(=O)C[C@@H]1c1cccc(F)c1F. The number of rotatable bonds is 6. The molecule has 4 nitrogen and oxygen atoms in total. The molecule has 2 rings (SSSR count). The highest BCUT2D eigenvalue weighted by Crippen LogP contribution is 2.35. The van der Waals surface area contributed by atoms with Crippen molar-refractivity contribution in [1.82, 2.24) is 5.32 Å².